The molecule has 0 N–H and O–H groups in total. The monoisotopic (exact) mass is 363 g/mol. The normalized spacial score (nSPS) is 16.8. The van der Waals surface area contributed by atoms with Crippen LogP contribution in [0.3, 0.4) is 0 Å². The van der Waals surface area contributed by atoms with Gasteiger partial charge in [0.25, 0.3) is 15.7 Å². The second kappa shape index (κ2) is 7.13. The average molecular weight is 363 g/mol. The van der Waals surface area contributed by atoms with Crippen molar-refractivity contribution in [1.82, 2.24) is 4.90 Å². The second-order valence-electron chi connectivity index (χ2n) is 6.16. The average Bonchev–Trinajstić information content (AvgIpc) is 2.54. The largest absolute Gasteiger partial charge is 0.501 e. The number of carbonyl (C=O) groups excluding carboxylic acids is 1. The summed E-state index contributed by atoms with van der Waals surface area (Å²) in [5.74, 6) is 0.120. The molecule has 1 aromatic carbocycles. The molecule has 134 valence electrons. The highest BCUT2D eigenvalue weighted by atomic mass is 32.2. The maximum absolute atomic E-state index is 12.5. The zero-order valence-corrected chi connectivity index (χ0v) is 14.2. The molecule has 1 saturated carbocycles. The van der Waals surface area contributed by atoms with Crippen LogP contribution in [0.4, 0.5) is 13.2 Å². The van der Waals surface area contributed by atoms with Crippen molar-refractivity contribution in [3.05, 3.63) is 29.8 Å². The number of alkyl halides is 3. The molecular formula is C16H20F3NO3S. The van der Waals surface area contributed by atoms with E-state index >= 15 is 0 Å². The van der Waals surface area contributed by atoms with Gasteiger partial charge in [-0.05, 0) is 43.0 Å². The van der Waals surface area contributed by atoms with E-state index in [0.717, 1.165) is 49.9 Å². The Morgan fingerprint density at radius 2 is 1.67 bits per heavy atom. The SMILES string of the molecule is CN(CC1CCCCC1)C(=O)c1ccc(S(=O)(=O)C(F)(F)F)cc1. The van der Waals surface area contributed by atoms with Gasteiger partial charge in [-0.1, -0.05) is 19.3 Å². The Balaban J connectivity index is 2.08. The lowest BCUT2D eigenvalue weighted by molar-refractivity contribution is -0.0436. The van der Waals surface area contributed by atoms with Gasteiger partial charge in [-0.3, -0.25) is 4.79 Å². The van der Waals surface area contributed by atoms with E-state index in [9.17, 15) is 26.4 Å². The summed E-state index contributed by atoms with van der Waals surface area (Å²) >= 11 is 0. The van der Waals surface area contributed by atoms with Crippen LogP contribution in [0.5, 0.6) is 0 Å². The van der Waals surface area contributed by atoms with Crippen LogP contribution in [0.15, 0.2) is 29.2 Å². The van der Waals surface area contributed by atoms with Crippen molar-refractivity contribution in [3.8, 4) is 0 Å². The van der Waals surface area contributed by atoms with Gasteiger partial charge < -0.3 is 4.90 Å². The highest BCUT2D eigenvalue weighted by molar-refractivity contribution is 7.92. The smallest absolute Gasteiger partial charge is 0.341 e. The lowest BCUT2D eigenvalue weighted by Gasteiger charge is -2.27. The van der Waals surface area contributed by atoms with Crippen LogP contribution < -0.4 is 0 Å². The van der Waals surface area contributed by atoms with Crippen LogP contribution in [0.1, 0.15) is 42.5 Å². The van der Waals surface area contributed by atoms with E-state index in [2.05, 4.69) is 0 Å². The summed E-state index contributed by atoms with van der Waals surface area (Å²) in [7, 11) is -3.74. The molecule has 8 heteroatoms. The lowest BCUT2D eigenvalue weighted by Crippen LogP contribution is -2.32. The van der Waals surface area contributed by atoms with Crippen LogP contribution in [0.2, 0.25) is 0 Å². The van der Waals surface area contributed by atoms with Gasteiger partial charge in [0.05, 0.1) is 4.90 Å². The van der Waals surface area contributed by atoms with Crippen molar-refractivity contribution in [3.63, 3.8) is 0 Å². The number of rotatable bonds is 4. The zero-order chi connectivity index (χ0) is 18.0. The molecule has 4 nitrogen and oxygen atoms in total. The molecule has 1 aliphatic rings. The van der Waals surface area contributed by atoms with Crippen LogP contribution in [0, 0.1) is 5.92 Å². The molecule has 2 rings (SSSR count). The highest BCUT2D eigenvalue weighted by Gasteiger charge is 2.46. The molecule has 0 radical (unpaired) electrons. The molecule has 1 amide bonds. The maximum Gasteiger partial charge on any atom is 0.501 e. The molecule has 0 atom stereocenters. The lowest BCUT2D eigenvalue weighted by atomic mass is 9.89. The minimum absolute atomic E-state index is 0.175. The van der Waals surface area contributed by atoms with Gasteiger partial charge >= 0.3 is 5.51 Å². The van der Waals surface area contributed by atoms with Crippen molar-refractivity contribution < 1.29 is 26.4 Å². The van der Waals surface area contributed by atoms with E-state index in [1.807, 2.05) is 0 Å². The fraction of sp³-hybridized carbons (Fsp3) is 0.562. The first-order valence-electron chi connectivity index (χ1n) is 7.80. The number of nitrogens with zero attached hydrogens (tertiary/aromatic N) is 1. The summed E-state index contributed by atoms with van der Waals surface area (Å²) in [5.41, 5.74) is -5.18. The van der Waals surface area contributed by atoms with E-state index in [1.54, 1.807) is 11.9 Å². The number of hydrogen-bond donors (Lipinski definition) is 0. The molecule has 0 heterocycles. The summed E-state index contributed by atoms with van der Waals surface area (Å²) in [6, 6.07) is 3.89. The molecule has 1 fully saturated rings. The molecular weight excluding hydrogens is 343 g/mol. The Morgan fingerprint density at radius 1 is 1.12 bits per heavy atom. The molecule has 1 aliphatic carbocycles. The van der Waals surface area contributed by atoms with Gasteiger partial charge in [-0.15, -0.1) is 0 Å². The van der Waals surface area contributed by atoms with Gasteiger partial charge in [-0.25, -0.2) is 8.42 Å². The fourth-order valence-corrected chi connectivity index (χ4v) is 3.73. The molecule has 1 aromatic rings. The third-order valence-corrected chi connectivity index (χ3v) is 5.82. The predicted octanol–water partition coefficient (Wildman–Crippen LogP) is 3.63. The first kappa shape index (κ1) is 18.8. The molecule has 0 unspecified atom stereocenters. The summed E-state index contributed by atoms with van der Waals surface area (Å²) in [6.45, 7) is 0.599. The standard InChI is InChI=1S/C16H20F3NO3S/c1-20(11-12-5-3-2-4-6-12)15(21)13-7-9-14(10-8-13)24(22,23)16(17,18)19/h7-10,12H,2-6,11H2,1H3. The van der Waals surface area contributed by atoms with Gasteiger partial charge in [-0.2, -0.15) is 13.2 Å². The highest BCUT2D eigenvalue weighted by Crippen LogP contribution is 2.30. The quantitative estimate of drug-likeness (QED) is 0.821. The van der Waals surface area contributed by atoms with Crippen LogP contribution in [-0.4, -0.2) is 38.3 Å². The van der Waals surface area contributed by atoms with E-state index in [1.165, 1.54) is 6.42 Å². The van der Waals surface area contributed by atoms with Gasteiger partial charge in [0.1, 0.15) is 0 Å². The number of sulfone groups is 1. The summed E-state index contributed by atoms with van der Waals surface area (Å²) in [4.78, 5) is 13.0. The Labute approximate surface area is 139 Å². The molecule has 24 heavy (non-hydrogen) atoms. The first-order chi connectivity index (χ1) is 11.1. The number of amides is 1. The number of benzene rings is 1. The van der Waals surface area contributed by atoms with Crippen molar-refractivity contribution in [2.24, 2.45) is 5.92 Å². The summed E-state index contributed by atoms with van der Waals surface area (Å²) in [6.07, 6.45) is 5.65. The van der Waals surface area contributed by atoms with Crippen molar-refractivity contribution in [1.29, 1.82) is 0 Å². The van der Waals surface area contributed by atoms with E-state index in [-0.39, 0.29) is 11.5 Å². The number of halogens is 3. The Kier molecular flexibility index (Phi) is 5.57. The summed E-state index contributed by atoms with van der Waals surface area (Å²) in [5, 5.41) is 0. The minimum atomic E-state index is -5.39. The van der Waals surface area contributed by atoms with Crippen LogP contribution in [0.25, 0.3) is 0 Å². The third kappa shape index (κ3) is 4.09. The Morgan fingerprint density at radius 3 is 2.17 bits per heavy atom. The Hall–Kier alpha value is -1.57. The molecule has 0 aromatic heterocycles. The molecule has 0 spiro atoms. The fourth-order valence-electron chi connectivity index (χ4n) is 2.97. The number of carbonyl (C=O) groups is 1. The second-order valence-corrected chi connectivity index (χ2v) is 8.10. The van der Waals surface area contributed by atoms with Gasteiger partial charge in [0.2, 0.25) is 0 Å². The topological polar surface area (TPSA) is 54.5 Å². The molecule has 0 saturated heterocycles. The van der Waals surface area contributed by atoms with Crippen molar-refractivity contribution in [2.45, 2.75) is 42.5 Å². The number of hydrogen-bond acceptors (Lipinski definition) is 3. The van der Waals surface area contributed by atoms with Gasteiger partial charge in [0.15, 0.2) is 0 Å². The summed E-state index contributed by atoms with van der Waals surface area (Å²) < 4.78 is 60.1. The first-order valence-corrected chi connectivity index (χ1v) is 9.28. The van der Waals surface area contributed by atoms with Crippen molar-refractivity contribution in [2.75, 3.05) is 13.6 Å². The van der Waals surface area contributed by atoms with E-state index in [4.69, 9.17) is 0 Å². The predicted molar refractivity (Wildman–Crippen MR) is 83.2 cm³/mol. The van der Waals surface area contributed by atoms with Crippen molar-refractivity contribution >= 4 is 15.7 Å². The molecule has 0 aliphatic heterocycles. The Bertz CT molecular complexity index is 678. The van der Waals surface area contributed by atoms with Gasteiger partial charge in [0, 0.05) is 19.2 Å². The maximum atomic E-state index is 12.5. The minimum Gasteiger partial charge on any atom is -0.341 e. The van der Waals surface area contributed by atoms with E-state index in [0.29, 0.717) is 12.5 Å². The van der Waals surface area contributed by atoms with Crippen LogP contribution in [-0.2, 0) is 9.84 Å². The van der Waals surface area contributed by atoms with Crippen LogP contribution >= 0.6 is 0 Å². The van der Waals surface area contributed by atoms with E-state index < -0.39 is 20.2 Å². The third-order valence-electron chi connectivity index (χ3n) is 4.32. The molecule has 0 bridgehead atoms. The zero-order valence-electron chi connectivity index (χ0n) is 13.3.